The summed E-state index contributed by atoms with van der Waals surface area (Å²) in [5.74, 6) is -2.25. The van der Waals surface area contributed by atoms with Crippen molar-refractivity contribution < 1.29 is 80.2 Å². The van der Waals surface area contributed by atoms with Gasteiger partial charge in [0.15, 0.2) is 12.2 Å². The van der Waals surface area contributed by atoms with E-state index in [4.69, 9.17) is 37.0 Å². The second-order valence-corrected chi connectivity index (χ2v) is 30.9. The molecule has 0 saturated carbocycles. The molecule has 0 bridgehead atoms. The molecular formula is C91H152O17P2. The molecule has 17 nitrogen and oxygen atoms in total. The average molecular weight is 1580 g/mol. The molecular weight excluding hydrogens is 1430 g/mol. The Bertz CT molecular complexity index is 2700. The number of carbonyl (C=O) groups is 4. The van der Waals surface area contributed by atoms with Gasteiger partial charge in [0.05, 0.1) is 26.4 Å². The molecule has 0 aromatic heterocycles. The fourth-order valence-electron chi connectivity index (χ4n) is 11.0. The number of aliphatic hydroxyl groups is 1. The Morgan fingerprint density at radius 1 is 0.264 bits per heavy atom. The minimum atomic E-state index is -5.00. The lowest BCUT2D eigenvalue weighted by atomic mass is 10.1. The molecule has 110 heavy (non-hydrogen) atoms. The van der Waals surface area contributed by atoms with Crippen LogP contribution in [0.5, 0.6) is 0 Å². The normalized spacial score (nSPS) is 14.6. The largest absolute Gasteiger partial charge is 0.472 e. The summed E-state index contributed by atoms with van der Waals surface area (Å²) in [6, 6.07) is 0. The Labute approximate surface area is 668 Å². The first-order valence-corrected chi connectivity index (χ1v) is 45.7. The Kier molecular flexibility index (Phi) is 77.7. The number of hydrogen-bond donors (Lipinski definition) is 3. The Balaban J connectivity index is 5.44. The lowest BCUT2D eigenvalue weighted by Crippen LogP contribution is -2.30. The fourth-order valence-corrected chi connectivity index (χ4v) is 12.6. The number of ether oxygens (including phenoxy) is 4. The van der Waals surface area contributed by atoms with E-state index >= 15 is 0 Å². The highest BCUT2D eigenvalue weighted by atomic mass is 31.2. The summed E-state index contributed by atoms with van der Waals surface area (Å²) in [5.41, 5.74) is 0. The van der Waals surface area contributed by atoms with Gasteiger partial charge in [-0.05, 0) is 173 Å². The summed E-state index contributed by atoms with van der Waals surface area (Å²) in [5, 5.41) is 10.7. The summed E-state index contributed by atoms with van der Waals surface area (Å²) in [4.78, 5) is 73.3. The van der Waals surface area contributed by atoms with E-state index in [0.717, 1.165) is 218 Å². The molecule has 0 aliphatic rings. The van der Waals surface area contributed by atoms with Crippen LogP contribution in [-0.4, -0.2) is 96.7 Å². The standard InChI is InChI=1S/C91H152O17P2/c1-5-9-13-17-21-25-29-33-37-40-42-45-48-51-55-59-63-67-71-75-88(93)101-81-86(107-90(95)77-73-69-65-61-57-53-47-36-32-28-24-20-16-12-8-4)83-105-109(97,98)103-79-85(92)80-104-110(99,100)106-84-87(108-91(96)78-74-70-66-62-58-54-50-44-39-35-31-27-23-19-15-11-7-3)82-102-89(94)76-72-68-64-60-56-52-49-46-43-41-38-34-30-26-22-18-14-10-6-2/h10-11,14-15,21-28,33-39,42-43,45-47,50,54,85-87,92H,5-9,12-13,16-20,29-32,40-41,44,48-49,51-53,55-84H2,1-4H3,(H,97,98)(H,99,100)/b14-10-,15-11-,25-21-,26-22-,27-23-,28-24-,37-33-,38-34-,39-35-,45-42-,46-43-,47-36-,54-50-. The van der Waals surface area contributed by atoms with Crippen LogP contribution in [0.4, 0.5) is 0 Å². The highest BCUT2D eigenvalue weighted by molar-refractivity contribution is 7.47. The van der Waals surface area contributed by atoms with Gasteiger partial charge in [-0.3, -0.25) is 37.3 Å². The first kappa shape index (κ1) is 105. The molecule has 0 saturated heterocycles. The minimum Gasteiger partial charge on any atom is -0.462 e. The van der Waals surface area contributed by atoms with Crippen LogP contribution in [0.15, 0.2) is 158 Å². The maximum atomic E-state index is 13.1. The first-order valence-electron chi connectivity index (χ1n) is 42.7. The third-order valence-corrected chi connectivity index (χ3v) is 19.4. The van der Waals surface area contributed by atoms with Crippen molar-refractivity contribution in [3.05, 3.63) is 158 Å². The zero-order chi connectivity index (χ0) is 80.3. The lowest BCUT2D eigenvalue weighted by molar-refractivity contribution is -0.161. The Hall–Kier alpha value is -5.32. The second-order valence-electron chi connectivity index (χ2n) is 28.0. The number of esters is 4. The predicted octanol–water partition coefficient (Wildman–Crippen LogP) is 25.6. The van der Waals surface area contributed by atoms with E-state index in [1.54, 1.807) is 0 Å². The number of phosphoric acid groups is 2. The monoisotopic (exact) mass is 1580 g/mol. The van der Waals surface area contributed by atoms with E-state index in [2.05, 4.69) is 186 Å². The van der Waals surface area contributed by atoms with Gasteiger partial charge in [0, 0.05) is 25.7 Å². The summed E-state index contributed by atoms with van der Waals surface area (Å²) in [6.45, 7) is 4.55. The molecule has 0 aliphatic carbocycles. The molecule has 0 heterocycles. The van der Waals surface area contributed by atoms with Gasteiger partial charge < -0.3 is 33.8 Å². The minimum absolute atomic E-state index is 0.0581. The van der Waals surface area contributed by atoms with Gasteiger partial charge in [-0.25, -0.2) is 9.13 Å². The number of hydrogen-bond acceptors (Lipinski definition) is 15. The zero-order valence-corrected chi connectivity index (χ0v) is 70.7. The predicted molar refractivity (Wildman–Crippen MR) is 454 cm³/mol. The maximum Gasteiger partial charge on any atom is 0.472 e. The molecule has 0 rings (SSSR count). The summed E-state index contributed by atoms with van der Waals surface area (Å²) < 4.78 is 68.8. The quantitative estimate of drug-likeness (QED) is 0.0169. The van der Waals surface area contributed by atoms with Crippen molar-refractivity contribution >= 4 is 39.5 Å². The molecule has 0 fully saturated rings. The first-order chi connectivity index (χ1) is 53.7. The SMILES string of the molecule is CC/C=C\C/C=C\C/C=C\C/C=C\CCCCCCCCC(=O)OCC(COP(=O)(O)OCC(O)COP(=O)(O)OCC(COC(=O)CCCCCCCC/C=C\C/C=C\C/C=C\CCCCC)OC(=O)CCCCCCC/C=C\C/C=C\CCCCC)OC(=O)CCCCCC/C=C\C/C=C\C/C=C\C/C=C\CC. The summed E-state index contributed by atoms with van der Waals surface area (Å²) in [7, 11) is -10.00. The number of allylic oxidation sites excluding steroid dienone is 26. The zero-order valence-electron chi connectivity index (χ0n) is 68.9. The average Bonchev–Trinajstić information content (AvgIpc) is 0.906. The third-order valence-electron chi connectivity index (χ3n) is 17.5. The van der Waals surface area contributed by atoms with Gasteiger partial charge in [0.1, 0.15) is 19.3 Å². The van der Waals surface area contributed by atoms with Gasteiger partial charge in [-0.15, -0.1) is 0 Å². The maximum absolute atomic E-state index is 13.1. The Morgan fingerprint density at radius 2 is 0.473 bits per heavy atom. The van der Waals surface area contributed by atoms with Gasteiger partial charge in [0.2, 0.25) is 0 Å². The molecule has 5 atom stereocenters. The molecule has 628 valence electrons. The van der Waals surface area contributed by atoms with Crippen LogP contribution in [0.2, 0.25) is 0 Å². The van der Waals surface area contributed by atoms with E-state index in [1.807, 2.05) is 0 Å². The van der Waals surface area contributed by atoms with Gasteiger partial charge in [-0.2, -0.15) is 0 Å². The highest BCUT2D eigenvalue weighted by Crippen LogP contribution is 2.45. The van der Waals surface area contributed by atoms with E-state index < -0.39 is 97.5 Å². The van der Waals surface area contributed by atoms with E-state index in [9.17, 15) is 43.2 Å². The second kappa shape index (κ2) is 81.7. The number of rotatable bonds is 79. The van der Waals surface area contributed by atoms with Crippen molar-refractivity contribution in [3.63, 3.8) is 0 Å². The smallest absolute Gasteiger partial charge is 0.462 e. The molecule has 0 spiro atoms. The molecule has 19 heteroatoms. The van der Waals surface area contributed by atoms with Gasteiger partial charge in [0.25, 0.3) is 0 Å². The molecule has 3 N–H and O–H groups in total. The van der Waals surface area contributed by atoms with E-state index in [-0.39, 0.29) is 25.7 Å². The highest BCUT2D eigenvalue weighted by Gasteiger charge is 2.30. The summed E-state index contributed by atoms with van der Waals surface area (Å²) in [6.07, 6.45) is 96.2. The third kappa shape index (κ3) is 80.7. The Morgan fingerprint density at radius 3 is 0.727 bits per heavy atom. The number of carbonyl (C=O) groups excluding carboxylic acids is 4. The van der Waals surface area contributed by atoms with Crippen molar-refractivity contribution in [1.82, 2.24) is 0 Å². The van der Waals surface area contributed by atoms with Gasteiger partial charge >= 0.3 is 39.5 Å². The van der Waals surface area contributed by atoms with Crippen LogP contribution >= 0.6 is 15.6 Å². The van der Waals surface area contributed by atoms with Crippen molar-refractivity contribution in [2.75, 3.05) is 39.6 Å². The lowest BCUT2D eigenvalue weighted by Gasteiger charge is -2.21. The molecule has 0 aliphatic heterocycles. The van der Waals surface area contributed by atoms with Crippen LogP contribution in [0, 0.1) is 0 Å². The molecule has 0 aromatic rings. The summed E-state index contributed by atoms with van der Waals surface area (Å²) >= 11 is 0. The molecule has 0 amide bonds. The van der Waals surface area contributed by atoms with Crippen molar-refractivity contribution in [2.45, 2.75) is 354 Å². The topological polar surface area (TPSA) is 237 Å². The number of phosphoric ester groups is 2. The van der Waals surface area contributed by atoms with Crippen LogP contribution in [0.25, 0.3) is 0 Å². The van der Waals surface area contributed by atoms with Gasteiger partial charge in [-0.1, -0.05) is 295 Å². The molecule has 0 aromatic carbocycles. The van der Waals surface area contributed by atoms with Crippen molar-refractivity contribution in [1.29, 1.82) is 0 Å². The molecule has 5 unspecified atom stereocenters. The van der Waals surface area contributed by atoms with Crippen LogP contribution < -0.4 is 0 Å². The number of aliphatic hydroxyl groups excluding tert-OH is 1. The van der Waals surface area contributed by atoms with Crippen molar-refractivity contribution in [3.8, 4) is 0 Å². The van der Waals surface area contributed by atoms with Crippen molar-refractivity contribution in [2.24, 2.45) is 0 Å². The fraction of sp³-hybridized carbons (Fsp3) is 0.670. The van der Waals surface area contributed by atoms with Crippen LogP contribution in [0.1, 0.15) is 336 Å². The molecule has 0 radical (unpaired) electrons. The van der Waals surface area contributed by atoms with E-state index in [1.165, 1.54) is 38.5 Å². The van der Waals surface area contributed by atoms with Crippen LogP contribution in [0.3, 0.4) is 0 Å². The van der Waals surface area contributed by atoms with E-state index in [0.29, 0.717) is 25.7 Å². The van der Waals surface area contributed by atoms with Crippen LogP contribution in [-0.2, 0) is 65.4 Å². The number of unbranched alkanes of at least 4 members (excludes halogenated alkanes) is 27.